The van der Waals surface area contributed by atoms with Gasteiger partial charge in [-0.3, -0.25) is 0 Å². The molecule has 0 aliphatic carbocycles. The van der Waals surface area contributed by atoms with E-state index in [4.69, 9.17) is 4.74 Å². The molecule has 1 aliphatic heterocycles. The smallest absolute Gasteiger partial charge is 0.246 e. The van der Waals surface area contributed by atoms with Crippen molar-refractivity contribution in [1.82, 2.24) is 4.31 Å². The van der Waals surface area contributed by atoms with Crippen LogP contribution in [0.3, 0.4) is 0 Å². The molecule has 0 atom stereocenters. The van der Waals surface area contributed by atoms with E-state index in [0.29, 0.717) is 26.2 Å². The van der Waals surface area contributed by atoms with E-state index in [1.807, 2.05) is 19.1 Å². The van der Waals surface area contributed by atoms with Crippen LogP contribution in [0.15, 0.2) is 47.4 Å². The third kappa shape index (κ3) is 3.90. The van der Waals surface area contributed by atoms with Crippen LogP contribution in [-0.2, 0) is 16.6 Å². The number of sulfonamides is 1. The Balaban J connectivity index is 1.68. The van der Waals surface area contributed by atoms with Gasteiger partial charge in [-0.05, 0) is 31.2 Å². The number of halogens is 1. The first kappa shape index (κ1) is 18.8. The molecule has 0 radical (unpaired) electrons. The lowest BCUT2D eigenvalue weighted by Crippen LogP contribution is -3.13. The second kappa shape index (κ2) is 7.73. The second-order valence-corrected chi connectivity index (χ2v) is 8.48. The van der Waals surface area contributed by atoms with Crippen molar-refractivity contribution in [2.45, 2.75) is 18.4 Å². The maximum Gasteiger partial charge on any atom is 0.246 e. The van der Waals surface area contributed by atoms with Crippen LogP contribution < -0.4 is 9.64 Å². The van der Waals surface area contributed by atoms with Gasteiger partial charge in [0.1, 0.15) is 23.0 Å². The van der Waals surface area contributed by atoms with Gasteiger partial charge in [-0.15, -0.1) is 0 Å². The summed E-state index contributed by atoms with van der Waals surface area (Å²) in [7, 11) is -2.13. The Morgan fingerprint density at radius 1 is 1.15 bits per heavy atom. The Morgan fingerprint density at radius 2 is 1.85 bits per heavy atom. The van der Waals surface area contributed by atoms with Gasteiger partial charge in [0.25, 0.3) is 0 Å². The number of quaternary nitrogens is 1. The Labute approximate surface area is 154 Å². The van der Waals surface area contributed by atoms with Crippen molar-refractivity contribution in [2.24, 2.45) is 0 Å². The normalized spacial score (nSPS) is 16.6. The molecular weight excluding hydrogens is 355 g/mol. The van der Waals surface area contributed by atoms with E-state index in [1.54, 1.807) is 13.2 Å². The van der Waals surface area contributed by atoms with E-state index < -0.39 is 15.8 Å². The Bertz CT molecular complexity index is 878. The van der Waals surface area contributed by atoms with Gasteiger partial charge >= 0.3 is 0 Å². The molecule has 1 heterocycles. The standard InChI is InChI=1S/C19H23FN2O3S/c1-15-7-8-18(25-2)16(13-15)14-21-9-11-22(12-10-21)26(23,24)19-6-4-3-5-17(19)20/h3-8,13H,9-12,14H2,1-2H3/p+1. The summed E-state index contributed by atoms with van der Waals surface area (Å²) in [6.45, 7) is 4.91. The zero-order valence-electron chi connectivity index (χ0n) is 15.0. The summed E-state index contributed by atoms with van der Waals surface area (Å²) in [6.07, 6.45) is 0. The molecule has 140 valence electrons. The number of rotatable bonds is 5. The van der Waals surface area contributed by atoms with Crippen LogP contribution in [0.4, 0.5) is 4.39 Å². The van der Waals surface area contributed by atoms with Crippen LogP contribution in [0.5, 0.6) is 5.75 Å². The molecule has 0 spiro atoms. The van der Waals surface area contributed by atoms with E-state index in [0.717, 1.165) is 17.9 Å². The van der Waals surface area contributed by atoms with E-state index in [-0.39, 0.29) is 4.90 Å². The molecule has 7 heteroatoms. The highest BCUT2D eigenvalue weighted by atomic mass is 32.2. The Hall–Kier alpha value is -1.96. The van der Waals surface area contributed by atoms with E-state index >= 15 is 0 Å². The van der Waals surface area contributed by atoms with Gasteiger partial charge in [-0.1, -0.05) is 23.8 Å². The molecule has 2 aromatic carbocycles. The Morgan fingerprint density at radius 3 is 2.50 bits per heavy atom. The highest BCUT2D eigenvalue weighted by Crippen LogP contribution is 2.20. The molecule has 1 fully saturated rings. The van der Waals surface area contributed by atoms with Crippen molar-refractivity contribution in [3.05, 3.63) is 59.4 Å². The topological polar surface area (TPSA) is 51.1 Å². The average molecular weight is 379 g/mol. The Kier molecular flexibility index (Phi) is 5.60. The molecule has 3 rings (SSSR count). The van der Waals surface area contributed by atoms with Crippen LogP contribution in [0.1, 0.15) is 11.1 Å². The first-order chi connectivity index (χ1) is 12.4. The van der Waals surface area contributed by atoms with Gasteiger partial charge in [0.2, 0.25) is 10.0 Å². The highest BCUT2D eigenvalue weighted by molar-refractivity contribution is 7.89. The molecule has 1 saturated heterocycles. The first-order valence-corrected chi connectivity index (χ1v) is 10.1. The fourth-order valence-electron chi connectivity index (χ4n) is 3.33. The van der Waals surface area contributed by atoms with E-state index in [1.165, 1.54) is 33.0 Å². The molecule has 5 nitrogen and oxygen atoms in total. The van der Waals surface area contributed by atoms with Crippen LogP contribution in [0, 0.1) is 12.7 Å². The zero-order chi connectivity index (χ0) is 18.7. The summed E-state index contributed by atoms with van der Waals surface area (Å²) in [5.74, 6) is 0.149. The average Bonchev–Trinajstić information content (AvgIpc) is 2.62. The third-order valence-corrected chi connectivity index (χ3v) is 6.69. The highest BCUT2D eigenvalue weighted by Gasteiger charge is 2.32. The van der Waals surface area contributed by atoms with Gasteiger partial charge in [0.05, 0.1) is 33.3 Å². The molecule has 0 bridgehead atoms. The van der Waals surface area contributed by atoms with E-state index in [2.05, 4.69) is 6.07 Å². The van der Waals surface area contributed by atoms with Gasteiger partial charge < -0.3 is 9.64 Å². The number of ether oxygens (including phenoxy) is 1. The first-order valence-electron chi connectivity index (χ1n) is 8.63. The number of nitrogens with one attached hydrogen (secondary N) is 1. The minimum Gasteiger partial charge on any atom is -0.496 e. The fourth-order valence-corrected chi connectivity index (χ4v) is 4.83. The largest absolute Gasteiger partial charge is 0.496 e. The summed E-state index contributed by atoms with van der Waals surface area (Å²) in [6, 6.07) is 11.6. The minimum atomic E-state index is -3.79. The van der Waals surface area contributed by atoms with Crippen LogP contribution in [0.25, 0.3) is 0 Å². The van der Waals surface area contributed by atoms with Crippen molar-refractivity contribution < 1.29 is 22.4 Å². The van der Waals surface area contributed by atoms with Crippen molar-refractivity contribution >= 4 is 10.0 Å². The third-order valence-electron chi connectivity index (χ3n) is 4.76. The zero-order valence-corrected chi connectivity index (χ0v) is 15.9. The molecular formula is C19H24FN2O3S+. The van der Waals surface area contributed by atoms with Crippen molar-refractivity contribution in [3.8, 4) is 5.75 Å². The van der Waals surface area contributed by atoms with Gasteiger partial charge in [0.15, 0.2) is 0 Å². The van der Waals surface area contributed by atoms with Gasteiger partial charge in [-0.2, -0.15) is 4.31 Å². The molecule has 26 heavy (non-hydrogen) atoms. The van der Waals surface area contributed by atoms with Gasteiger partial charge in [0, 0.05) is 5.56 Å². The summed E-state index contributed by atoms with van der Waals surface area (Å²) in [4.78, 5) is 1.04. The molecule has 0 unspecified atom stereocenters. The quantitative estimate of drug-likeness (QED) is 0.850. The summed E-state index contributed by atoms with van der Waals surface area (Å²) < 4.78 is 46.1. The number of benzene rings is 2. The van der Waals surface area contributed by atoms with E-state index in [9.17, 15) is 12.8 Å². The SMILES string of the molecule is COc1ccc(C)cc1C[NH+]1CCN(S(=O)(=O)c2ccccc2F)CC1. The predicted octanol–water partition coefficient (Wildman–Crippen LogP) is 1.23. The van der Waals surface area contributed by atoms with Crippen LogP contribution in [0.2, 0.25) is 0 Å². The number of hydrogen-bond acceptors (Lipinski definition) is 3. The van der Waals surface area contributed by atoms with Crippen molar-refractivity contribution in [2.75, 3.05) is 33.3 Å². The second-order valence-electron chi connectivity index (χ2n) is 6.58. The number of hydrogen-bond donors (Lipinski definition) is 1. The molecule has 0 aromatic heterocycles. The molecule has 0 saturated carbocycles. The van der Waals surface area contributed by atoms with Crippen LogP contribution >= 0.6 is 0 Å². The lowest BCUT2D eigenvalue weighted by molar-refractivity contribution is -0.917. The minimum absolute atomic E-state index is 0.246. The lowest BCUT2D eigenvalue weighted by atomic mass is 10.1. The van der Waals surface area contributed by atoms with Crippen LogP contribution in [-0.4, -0.2) is 46.0 Å². The maximum atomic E-state index is 13.9. The number of methoxy groups -OCH3 is 1. The lowest BCUT2D eigenvalue weighted by Gasteiger charge is -2.31. The summed E-state index contributed by atoms with van der Waals surface area (Å²) in [5, 5.41) is 0. The van der Waals surface area contributed by atoms with Crippen molar-refractivity contribution in [3.63, 3.8) is 0 Å². The number of aryl methyl sites for hydroxylation is 1. The molecule has 1 aliphatic rings. The number of piperazine rings is 1. The molecule has 2 aromatic rings. The summed E-state index contributed by atoms with van der Waals surface area (Å²) >= 11 is 0. The van der Waals surface area contributed by atoms with Crippen molar-refractivity contribution in [1.29, 1.82) is 0 Å². The molecule has 0 amide bonds. The number of nitrogens with zero attached hydrogens (tertiary/aromatic N) is 1. The maximum absolute atomic E-state index is 13.9. The fraction of sp³-hybridized carbons (Fsp3) is 0.368. The predicted molar refractivity (Wildman–Crippen MR) is 97.3 cm³/mol. The monoisotopic (exact) mass is 379 g/mol. The van der Waals surface area contributed by atoms with Gasteiger partial charge in [-0.25, -0.2) is 12.8 Å². The summed E-state index contributed by atoms with van der Waals surface area (Å²) in [5.41, 5.74) is 2.29. The molecule has 1 N–H and O–H groups in total.